The van der Waals surface area contributed by atoms with Gasteiger partial charge in [-0.15, -0.1) is 11.3 Å². The van der Waals surface area contributed by atoms with Gasteiger partial charge in [-0.25, -0.2) is 15.0 Å². The van der Waals surface area contributed by atoms with Gasteiger partial charge in [0.25, 0.3) is 0 Å². The number of halogens is 1. The number of rotatable bonds is 3. The highest BCUT2D eigenvalue weighted by Gasteiger charge is 2.26. The zero-order valence-corrected chi connectivity index (χ0v) is 12.8. The van der Waals surface area contributed by atoms with Crippen LogP contribution in [0.15, 0.2) is 17.9 Å². The van der Waals surface area contributed by atoms with Gasteiger partial charge in [0.1, 0.15) is 12.0 Å². The van der Waals surface area contributed by atoms with E-state index in [-0.39, 0.29) is 0 Å². The third-order valence-electron chi connectivity index (χ3n) is 3.55. The third-order valence-corrected chi connectivity index (χ3v) is 4.78. The molecule has 1 aliphatic heterocycles. The van der Waals surface area contributed by atoms with E-state index in [9.17, 15) is 0 Å². The second-order valence-corrected chi connectivity index (χ2v) is 6.05. The fourth-order valence-electron chi connectivity index (χ4n) is 2.62. The lowest BCUT2D eigenvalue weighted by atomic mass is 9.98. The highest BCUT2D eigenvalue weighted by atomic mass is 35.5. The molecule has 1 N–H and O–H groups in total. The number of hydrogen-bond acceptors (Lipinski definition) is 6. The fraction of sp³-hybridized carbons (Fsp3) is 0.462. The van der Waals surface area contributed by atoms with E-state index in [4.69, 9.17) is 11.6 Å². The summed E-state index contributed by atoms with van der Waals surface area (Å²) in [6.45, 7) is 1.92. The number of hydrogen-bond donors (Lipinski definition) is 1. The molecule has 20 heavy (non-hydrogen) atoms. The molecule has 1 saturated heterocycles. The van der Waals surface area contributed by atoms with Crippen LogP contribution >= 0.6 is 22.9 Å². The van der Waals surface area contributed by atoms with E-state index in [2.05, 4.69) is 25.2 Å². The first-order valence-corrected chi connectivity index (χ1v) is 7.88. The molecule has 1 atom stereocenters. The van der Waals surface area contributed by atoms with Crippen LogP contribution in [-0.2, 0) is 0 Å². The summed E-state index contributed by atoms with van der Waals surface area (Å²) in [6, 6.07) is 0. The normalized spacial score (nSPS) is 19.1. The Labute approximate surface area is 127 Å². The van der Waals surface area contributed by atoms with Crippen molar-refractivity contribution in [3.8, 4) is 0 Å². The van der Waals surface area contributed by atoms with Crippen LogP contribution in [0, 0.1) is 0 Å². The van der Waals surface area contributed by atoms with Crippen molar-refractivity contribution in [1.29, 1.82) is 0 Å². The van der Waals surface area contributed by atoms with E-state index in [0.717, 1.165) is 31.0 Å². The molecule has 7 heteroatoms. The molecule has 1 unspecified atom stereocenters. The first-order chi connectivity index (χ1) is 9.79. The van der Waals surface area contributed by atoms with Gasteiger partial charge in [-0.2, -0.15) is 0 Å². The molecule has 0 radical (unpaired) electrons. The van der Waals surface area contributed by atoms with Crippen LogP contribution in [0.5, 0.6) is 0 Å². The molecular formula is C13H16ClN5S. The topological polar surface area (TPSA) is 53.9 Å². The van der Waals surface area contributed by atoms with Gasteiger partial charge in [0.15, 0.2) is 11.0 Å². The molecule has 5 nitrogen and oxygen atoms in total. The van der Waals surface area contributed by atoms with Crippen LogP contribution in [0.1, 0.15) is 23.8 Å². The summed E-state index contributed by atoms with van der Waals surface area (Å²) >= 11 is 7.86. The highest BCUT2D eigenvalue weighted by Crippen LogP contribution is 2.34. The second-order valence-electron chi connectivity index (χ2n) is 4.77. The Kier molecular flexibility index (Phi) is 4.03. The lowest BCUT2D eigenvalue weighted by molar-refractivity contribution is 0.505. The van der Waals surface area contributed by atoms with E-state index < -0.39 is 0 Å². The van der Waals surface area contributed by atoms with Gasteiger partial charge in [0.05, 0.1) is 5.01 Å². The SMILES string of the molecule is CNc1c(Cl)ncnc1N1CCCC(c2nccs2)C1. The quantitative estimate of drug-likeness (QED) is 0.883. The van der Waals surface area contributed by atoms with Crippen LogP contribution in [0.2, 0.25) is 5.15 Å². The highest BCUT2D eigenvalue weighted by molar-refractivity contribution is 7.09. The molecule has 3 heterocycles. The molecule has 2 aromatic rings. The molecule has 1 aliphatic rings. The van der Waals surface area contributed by atoms with Gasteiger partial charge in [-0.3, -0.25) is 0 Å². The van der Waals surface area contributed by atoms with Crippen molar-refractivity contribution in [3.05, 3.63) is 28.1 Å². The minimum atomic E-state index is 0.467. The summed E-state index contributed by atoms with van der Waals surface area (Å²) in [7, 11) is 1.84. The van der Waals surface area contributed by atoms with Gasteiger partial charge in [-0.05, 0) is 12.8 Å². The van der Waals surface area contributed by atoms with Gasteiger partial charge in [-0.1, -0.05) is 11.6 Å². The predicted octanol–water partition coefficient (Wildman–Crippen LogP) is 3.01. The minimum absolute atomic E-state index is 0.467. The van der Waals surface area contributed by atoms with Crippen molar-refractivity contribution in [3.63, 3.8) is 0 Å². The summed E-state index contributed by atoms with van der Waals surface area (Å²) in [5.41, 5.74) is 0.800. The number of anilines is 2. The van der Waals surface area contributed by atoms with Gasteiger partial charge >= 0.3 is 0 Å². The number of aromatic nitrogens is 3. The van der Waals surface area contributed by atoms with Crippen LogP contribution < -0.4 is 10.2 Å². The largest absolute Gasteiger partial charge is 0.383 e. The number of nitrogens with one attached hydrogen (secondary N) is 1. The summed E-state index contributed by atoms with van der Waals surface area (Å²) in [5, 5.41) is 6.81. The summed E-state index contributed by atoms with van der Waals surface area (Å²) in [4.78, 5) is 15.1. The van der Waals surface area contributed by atoms with Crippen molar-refractivity contribution in [1.82, 2.24) is 15.0 Å². The Morgan fingerprint density at radius 1 is 1.40 bits per heavy atom. The molecule has 0 aliphatic carbocycles. The van der Waals surface area contributed by atoms with Crippen molar-refractivity contribution in [2.45, 2.75) is 18.8 Å². The first-order valence-electron chi connectivity index (χ1n) is 6.62. The Hall–Kier alpha value is -1.40. The molecule has 0 saturated carbocycles. The zero-order chi connectivity index (χ0) is 13.9. The third kappa shape index (κ3) is 2.58. The smallest absolute Gasteiger partial charge is 0.157 e. The molecule has 0 aromatic carbocycles. The van der Waals surface area contributed by atoms with E-state index in [1.54, 1.807) is 11.3 Å². The van der Waals surface area contributed by atoms with E-state index in [1.807, 2.05) is 18.6 Å². The maximum Gasteiger partial charge on any atom is 0.157 e. The molecule has 2 aromatic heterocycles. The standard InChI is InChI=1S/C13H16ClN5S/c1-15-10-11(14)17-8-18-12(10)19-5-2-3-9(7-19)13-16-4-6-20-13/h4,6,8-9,15H,2-3,5,7H2,1H3. The van der Waals surface area contributed by atoms with Crippen LogP contribution in [0.4, 0.5) is 11.5 Å². The van der Waals surface area contributed by atoms with Crippen molar-refractivity contribution < 1.29 is 0 Å². The monoisotopic (exact) mass is 309 g/mol. The Bertz CT molecular complexity index is 574. The van der Waals surface area contributed by atoms with Crippen molar-refractivity contribution in [2.24, 2.45) is 0 Å². The lowest BCUT2D eigenvalue weighted by Gasteiger charge is -2.33. The van der Waals surface area contributed by atoms with Crippen LogP contribution in [0.25, 0.3) is 0 Å². The molecule has 0 spiro atoms. The summed E-state index contributed by atoms with van der Waals surface area (Å²) < 4.78 is 0. The number of nitrogens with zero attached hydrogens (tertiary/aromatic N) is 4. The average Bonchev–Trinajstić information content (AvgIpc) is 3.01. The van der Waals surface area contributed by atoms with Crippen molar-refractivity contribution in [2.75, 3.05) is 30.4 Å². The minimum Gasteiger partial charge on any atom is -0.383 e. The van der Waals surface area contributed by atoms with Gasteiger partial charge in [0.2, 0.25) is 0 Å². The maximum atomic E-state index is 6.13. The average molecular weight is 310 g/mol. The van der Waals surface area contributed by atoms with E-state index in [1.165, 1.54) is 17.8 Å². The Morgan fingerprint density at radius 3 is 3.05 bits per heavy atom. The molecule has 3 rings (SSSR count). The lowest BCUT2D eigenvalue weighted by Crippen LogP contribution is -2.35. The fourth-order valence-corrected chi connectivity index (χ4v) is 3.61. The predicted molar refractivity (Wildman–Crippen MR) is 82.9 cm³/mol. The van der Waals surface area contributed by atoms with Crippen LogP contribution in [0.3, 0.4) is 0 Å². The molecule has 0 amide bonds. The van der Waals surface area contributed by atoms with Gasteiger partial charge < -0.3 is 10.2 Å². The Balaban J connectivity index is 1.85. The zero-order valence-electron chi connectivity index (χ0n) is 11.2. The number of piperidine rings is 1. The second kappa shape index (κ2) is 5.93. The molecule has 0 bridgehead atoms. The number of thiazole rings is 1. The summed E-state index contributed by atoms with van der Waals surface area (Å²) in [5.74, 6) is 1.36. The van der Waals surface area contributed by atoms with E-state index in [0.29, 0.717) is 11.1 Å². The molecular weight excluding hydrogens is 294 g/mol. The summed E-state index contributed by atoms with van der Waals surface area (Å²) in [6.07, 6.45) is 5.71. The van der Waals surface area contributed by atoms with Crippen molar-refractivity contribution >= 4 is 34.4 Å². The Morgan fingerprint density at radius 2 is 2.30 bits per heavy atom. The maximum absolute atomic E-state index is 6.13. The van der Waals surface area contributed by atoms with Gasteiger partial charge in [0, 0.05) is 37.6 Å². The molecule has 1 fully saturated rings. The van der Waals surface area contributed by atoms with E-state index >= 15 is 0 Å². The van der Waals surface area contributed by atoms with Crippen LogP contribution in [-0.4, -0.2) is 35.1 Å². The first kappa shape index (κ1) is 13.6. The molecule has 106 valence electrons.